The molecule has 2 rings (SSSR count). The van der Waals surface area contributed by atoms with Crippen LogP contribution < -0.4 is 10.1 Å². The summed E-state index contributed by atoms with van der Waals surface area (Å²) < 4.78 is 10.5. The van der Waals surface area contributed by atoms with E-state index in [1.54, 1.807) is 30.3 Å². The second kappa shape index (κ2) is 8.98. The van der Waals surface area contributed by atoms with Gasteiger partial charge in [0.25, 0.3) is 0 Å². The Morgan fingerprint density at radius 2 is 1.74 bits per heavy atom. The number of aryl methyl sites for hydroxylation is 1. The van der Waals surface area contributed by atoms with Gasteiger partial charge in [0, 0.05) is 23.7 Å². The van der Waals surface area contributed by atoms with Crippen molar-refractivity contribution in [3.05, 3.63) is 59.2 Å². The van der Waals surface area contributed by atoms with E-state index in [1.165, 1.54) is 21.0 Å². The van der Waals surface area contributed by atoms with Crippen LogP contribution in [0.3, 0.4) is 0 Å². The number of hydrogen-bond donors (Lipinski definition) is 1. The lowest BCUT2D eigenvalue weighted by atomic mass is 10.1. The van der Waals surface area contributed by atoms with Gasteiger partial charge in [0.15, 0.2) is 6.10 Å². The molecule has 0 heterocycles. The fraction of sp³-hybridized carbons (Fsp3) is 0.286. The zero-order valence-corrected chi connectivity index (χ0v) is 15.9. The molecule has 142 valence electrons. The van der Waals surface area contributed by atoms with E-state index < -0.39 is 12.1 Å². The minimum absolute atomic E-state index is 0.0178. The molecule has 0 saturated heterocycles. The molecule has 0 saturated carbocycles. The summed E-state index contributed by atoms with van der Waals surface area (Å²) in [6, 6.07) is 12.0. The van der Waals surface area contributed by atoms with Crippen molar-refractivity contribution < 1.29 is 23.9 Å². The summed E-state index contributed by atoms with van der Waals surface area (Å²) in [6.07, 6.45) is -0.899. The molecule has 6 heteroatoms. The lowest BCUT2D eigenvalue weighted by Crippen LogP contribution is -2.25. The highest BCUT2D eigenvalue weighted by Crippen LogP contribution is 2.21. The summed E-state index contributed by atoms with van der Waals surface area (Å²) in [7, 11) is 1.54. The summed E-state index contributed by atoms with van der Waals surface area (Å²) in [6.45, 7) is 4.87. The molecular weight excluding hydrogens is 346 g/mol. The number of methoxy groups -OCH3 is 1. The van der Waals surface area contributed by atoms with E-state index in [2.05, 4.69) is 5.32 Å². The Labute approximate surface area is 158 Å². The smallest absolute Gasteiger partial charge is 0.311 e. The summed E-state index contributed by atoms with van der Waals surface area (Å²) in [5, 5.41) is 2.63. The molecule has 6 nitrogen and oxygen atoms in total. The molecule has 1 amide bonds. The van der Waals surface area contributed by atoms with Crippen LogP contribution in [0.1, 0.15) is 35.3 Å². The van der Waals surface area contributed by atoms with E-state index in [4.69, 9.17) is 9.47 Å². The molecule has 1 atom stereocenters. The predicted octanol–water partition coefficient (Wildman–Crippen LogP) is 3.32. The number of esters is 1. The third-order valence-corrected chi connectivity index (χ3v) is 3.94. The molecule has 27 heavy (non-hydrogen) atoms. The van der Waals surface area contributed by atoms with Crippen LogP contribution in [0.5, 0.6) is 5.75 Å². The molecule has 0 spiro atoms. The molecule has 0 bridgehead atoms. The van der Waals surface area contributed by atoms with Crippen molar-refractivity contribution in [1.82, 2.24) is 0 Å². The number of rotatable bonds is 7. The van der Waals surface area contributed by atoms with Gasteiger partial charge < -0.3 is 14.8 Å². The van der Waals surface area contributed by atoms with Crippen molar-refractivity contribution in [3.8, 4) is 5.75 Å². The Morgan fingerprint density at radius 3 is 2.33 bits per heavy atom. The van der Waals surface area contributed by atoms with Crippen molar-refractivity contribution >= 4 is 23.3 Å². The van der Waals surface area contributed by atoms with Crippen LogP contribution >= 0.6 is 0 Å². The van der Waals surface area contributed by atoms with Gasteiger partial charge in [-0.15, -0.1) is 0 Å². The molecule has 0 aliphatic heterocycles. The minimum atomic E-state index is -0.917. The van der Waals surface area contributed by atoms with Gasteiger partial charge >= 0.3 is 5.97 Å². The number of ketones is 1. The van der Waals surface area contributed by atoms with Crippen LogP contribution in [0.4, 0.5) is 5.69 Å². The maximum atomic E-state index is 12.5. The molecule has 2 aromatic carbocycles. The number of benzene rings is 2. The van der Waals surface area contributed by atoms with Gasteiger partial charge in [-0.25, -0.2) is 0 Å². The largest absolute Gasteiger partial charge is 0.496 e. The standard InChI is InChI=1S/C21H23NO5/c1-13-5-10-19(26-4)17(11-13)12-20(24)27-14(2)21(25)16-6-8-18(9-7-16)22-15(3)23/h5-11,14H,12H2,1-4H3,(H,22,23)/t14-/m0/s1. The van der Waals surface area contributed by atoms with Gasteiger partial charge in [0.05, 0.1) is 13.5 Å². The number of ether oxygens (including phenoxy) is 2. The van der Waals surface area contributed by atoms with Crippen molar-refractivity contribution in [3.63, 3.8) is 0 Å². The Kier molecular flexibility index (Phi) is 6.71. The number of hydrogen-bond acceptors (Lipinski definition) is 5. The van der Waals surface area contributed by atoms with Crippen molar-refractivity contribution in [2.24, 2.45) is 0 Å². The number of amides is 1. The average molecular weight is 369 g/mol. The third-order valence-electron chi connectivity index (χ3n) is 3.94. The van der Waals surface area contributed by atoms with Crippen LogP contribution in [0.15, 0.2) is 42.5 Å². The zero-order valence-electron chi connectivity index (χ0n) is 15.9. The molecule has 2 aromatic rings. The number of nitrogens with one attached hydrogen (secondary N) is 1. The first-order valence-corrected chi connectivity index (χ1v) is 8.55. The van der Waals surface area contributed by atoms with Crippen LogP contribution in [0.25, 0.3) is 0 Å². The molecule has 0 fully saturated rings. The van der Waals surface area contributed by atoms with E-state index in [0.717, 1.165) is 5.56 Å². The fourth-order valence-corrected chi connectivity index (χ4v) is 2.65. The van der Waals surface area contributed by atoms with E-state index in [0.29, 0.717) is 22.6 Å². The van der Waals surface area contributed by atoms with Gasteiger partial charge in [-0.3, -0.25) is 14.4 Å². The van der Waals surface area contributed by atoms with Crippen molar-refractivity contribution in [2.45, 2.75) is 33.3 Å². The maximum absolute atomic E-state index is 12.5. The number of anilines is 1. The summed E-state index contributed by atoms with van der Waals surface area (Å²) >= 11 is 0. The first-order chi connectivity index (χ1) is 12.8. The van der Waals surface area contributed by atoms with Crippen molar-refractivity contribution in [1.29, 1.82) is 0 Å². The van der Waals surface area contributed by atoms with E-state index in [-0.39, 0.29) is 18.1 Å². The SMILES string of the molecule is COc1ccc(C)cc1CC(=O)O[C@@H](C)C(=O)c1ccc(NC(C)=O)cc1. The molecule has 0 unspecified atom stereocenters. The van der Waals surface area contributed by atoms with Crippen LogP contribution in [-0.4, -0.2) is 30.9 Å². The molecule has 0 radical (unpaired) electrons. The average Bonchev–Trinajstić information content (AvgIpc) is 2.61. The summed E-state index contributed by atoms with van der Waals surface area (Å²) in [4.78, 5) is 35.7. The number of carbonyl (C=O) groups is 3. The molecular formula is C21H23NO5. The van der Waals surface area contributed by atoms with Gasteiger partial charge in [0.2, 0.25) is 11.7 Å². The monoisotopic (exact) mass is 369 g/mol. The van der Waals surface area contributed by atoms with Gasteiger partial charge in [-0.05, 0) is 44.2 Å². The van der Waals surface area contributed by atoms with E-state index in [9.17, 15) is 14.4 Å². The lowest BCUT2D eigenvalue weighted by molar-refractivity contribution is -0.145. The molecule has 0 aromatic heterocycles. The lowest BCUT2D eigenvalue weighted by Gasteiger charge is -2.14. The zero-order chi connectivity index (χ0) is 20.0. The molecule has 0 aliphatic rings. The quantitative estimate of drug-likeness (QED) is 0.598. The fourth-order valence-electron chi connectivity index (χ4n) is 2.65. The predicted molar refractivity (Wildman–Crippen MR) is 102 cm³/mol. The number of Topliss-reactive ketones (excluding diaryl/α,β-unsaturated/α-hetero) is 1. The highest BCUT2D eigenvalue weighted by Gasteiger charge is 2.20. The molecule has 1 N–H and O–H groups in total. The normalized spacial score (nSPS) is 11.4. The van der Waals surface area contributed by atoms with Gasteiger partial charge in [-0.1, -0.05) is 17.7 Å². The highest BCUT2D eigenvalue weighted by molar-refractivity contribution is 6.00. The van der Waals surface area contributed by atoms with E-state index >= 15 is 0 Å². The Balaban J connectivity index is 2.00. The van der Waals surface area contributed by atoms with Crippen LogP contribution in [0.2, 0.25) is 0 Å². The van der Waals surface area contributed by atoms with E-state index in [1.807, 2.05) is 19.1 Å². The second-order valence-electron chi connectivity index (χ2n) is 6.25. The van der Waals surface area contributed by atoms with Crippen LogP contribution in [0, 0.1) is 6.92 Å². The third kappa shape index (κ3) is 5.67. The Hall–Kier alpha value is -3.15. The Morgan fingerprint density at radius 1 is 1.07 bits per heavy atom. The van der Waals surface area contributed by atoms with Crippen molar-refractivity contribution in [2.75, 3.05) is 12.4 Å². The number of carbonyl (C=O) groups excluding carboxylic acids is 3. The van der Waals surface area contributed by atoms with Gasteiger partial charge in [-0.2, -0.15) is 0 Å². The van der Waals surface area contributed by atoms with Gasteiger partial charge in [0.1, 0.15) is 5.75 Å². The second-order valence-corrected chi connectivity index (χ2v) is 6.25. The summed E-state index contributed by atoms with van der Waals surface area (Å²) in [5.74, 6) is -0.406. The topological polar surface area (TPSA) is 81.7 Å². The highest BCUT2D eigenvalue weighted by atomic mass is 16.5. The maximum Gasteiger partial charge on any atom is 0.311 e. The first kappa shape index (κ1) is 20.2. The minimum Gasteiger partial charge on any atom is -0.496 e. The Bertz CT molecular complexity index is 842. The van der Waals surface area contributed by atoms with Crippen LogP contribution in [-0.2, 0) is 20.7 Å². The first-order valence-electron chi connectivity index (χ1n) is 8.55. The molecule has 0 aliphatic carbocycles. The summed E-state index contributed by atoms with van der Waals surface area (Å²) in [5.41, 5.74) is 2.71.